The van der Waals surface area contributed by atoms with E-state index in [2.05, 4.69) is 23.8 Å². The van der Waals surface area contributed by atoms with E-state index in [1.54, 1.807) is 0 Å². The summed E-state index contributed by atoms with van der Waals surface area (Å²) < 4.78 is 0. The molecule has 0 amide bonds. The van der Waals surface area contributed by atoms with Crippen LogP contribution in [-0.4, -0.2) is 0 Å². The molecule has 4 fully saturated rings. The molecule has 0 radical (unpaired) electrons. The molecular weight excluding hydrogens is 264 g/mol. The topological polar surface area (TPSA) is 38.0 Å². The number of nitrogens with two attached hydrogens (primary N) is 1. The van der Waals surface area contributed by atoms with Crippen LogP contribution >= 0.6 is 11.3 Å². The van der Waals surface area contributed by atoms with Gasteiger partial charge in [0.2, 0.25) is 0 Å². The lowest BCUT2D eigenvalue weighted by Crippen LogP contribution is -2.47. The van der Waals surface area contributed by atoms with Crippen LogP contribution in [0.4, 0.5) is 0 Å². The summed E-state index contributed by atoms with van der Waals surface area (Å²) in [4.78, 5) is 1.46. The van der Waals surface area contributed by atoms with Gasteiger partial charge in [0.25, 0.3) is 0 Å². The molecule has 5 rings (SSSR count). The minimum Gasteiger partial charge on any atom is -0.271 e. The molecule has 1 heterocycles. The van der Waals surface area contributed by atoms with Crippen LogP contribution < -0.4 is 11.3 Å². The third-order valence-corrected chi connectivity index (χ3v) is 7.35. The zero-order chi connectivity index (χ0) is 13.7. The van der Waals surface area contributed by atoms with Crippen molar-refractivity contribution in [3.05, 3.63) is 21.9 Å². The van der Waals surface area contributed by atoms with E-state index in [1.807, 2.05) is 11.3 Å². The molecule has 4 saturated carbocycles. The fraction of sp³-hybridized carbons (Fsp3) is 0.765. The van der Waals surface area contributed by atoms with Crippen molar-refractivity contribution in [3.63, 3.8) is 0 Å². The van der Waals surface area contributed by atoms with Crippen LogP contribution in [0.3, 0.4) is 0 Å². The van der Waals surface area contributed by atoms with Gasteiger partial charge < -0.3 is 0 Å². The second-order valence-electron chi connectivity index (χ2n) is 7.81. The Morgan fingerprint density at radius 3 is 2.30 bits per heavy atom. The van der Waals surface area contributed by atoms with Crippen molar-refractivity contribution >= 4 is 11.3 Å². The Hall–Kier alpha value is -0.380. The third-order valence-electron chi connectivity index (χ3n) is 6.22. The molecule has 110 valence electrons. The van der Waals surface area contributed by atoms with Gasteiger partial charge in [-0.15, -0.1) is 11.3 Å². The monoisotopic (exact) mass is 290 g/mol. The fourth-order valence-electron chi connectivity index (χ4n) is 5.94. The van der Waals surface area contributed by atoms with Crippen LogP contribution in [0.25, 0.3) is 0 Å². The Morgan fingerprint density at radius 2 is 1.85 bits per heavy atom. The van der Waals surface area contributed by atoms with E-state index in [-0.39, 0.29) is 0 Å². The van der Waals surface area contributed by atoms with Gasteiger partial charge in [-0.25, -0.2) is 0 Å². The van der Waals surface area contributed by atoms with Crippen LogP contribution in [0.5, 0.6) is 0 Å². The van der Waals surface area contributed by atoms with Crippen molar-refractivity contribution in [2.45, 2.75) is 57.9 Å². The quantitative estimate of drug-likeness (QED) is 0.645. The standard InChI is InChI=1S/C17H26N2S/c1-11-2-3-20-16(11)15(19-18)10-17-7-12-4-13(8-17)6-14(5-12)9-17/h2-3,12-15,19H,4-10,18H2,1H3. The van der Waals surface area contributed by atoms with Crippen LogP contribution in [0, 0.1) is 30.1 Å². The first-order valence-corrected chi connectivity index (χ1v) is 9.05. The van der Waals surface area contributed by atoms with E-state index < -0.39 is 0 Å². The Bertz CT molecular complexity index is 458. The van der Waals surface area contributed by atoms with Gasteiger partial charge >= 0.3 is 0 Å². The highest BCUT2D eigenvalue weighted by atomic mass is 32.1. The maximum atomic E-state index is 5.92. The summed E-state index contributed by atoms with van der Waals surface area (Å²) in [6, 6.07) is 2.59. The van der Waals surface area contributed by atoms with Gasteiger partial charge in [0.15, 0.2) is 0 Å². The van der Waals surface area contributed by atoms with Gasteiger partial charge in [0.1, 0.15) is 0 Å². The first-order valence-electron chi connectivity index (χ1n) is 8.17. The predicted molar refractivity (Wildman–Crippen MR) is 84.3 cm³/mol. The summed E-state index contributed by atoms with van der Waals surface area (Å²) in [6.45, 7) is 2.22. The van der Waals surface area contributed by atoms with Crippen LogP contribution in [-0.2, 0) is 0 Å². The summed E-state index contributed by atoms with van der Waals surface area (Å²) in [5.74, 6) is 9.01. The smallest absolute Gasteiger partial charge is 0.0561 e. The highest BCUT2D eigenvalue weighted by Gasteiger charge is 2.51. The number of thiophene rings is 1. The summed E-state index contributed by atoms with van der Waals surface area (Å²) in [7, 11) is 0. The Labute approximate surface area is 126 Å². The lowest BCUT2D eigenvalue weighted by Gasteiger charge is -2.57. The molecule has 1 aromatic rings. The molecule has 2 nitrogen and oxygen atoms in total. The summed E-state index contributed by atoms with van der Waals surface area (Å²) in [5, 5.41) is 2.20. The summed E-state index contributed by atoms with van der Waals surface area (Å²) in [5.41, 5.74) is 5.14. The normalized spacial score (nSPS) is 40.2. The number of hydrazine groups is 1. The minimum atomic E-state index is 0.367. The number of hydrogen-bond donors (Lipinski definition) is 2. The van der Waals surface area contributed by atoms with Crippen molar-refractivity contribution in [1.29, 1.82) is 0 Å². The highest BCUT2D eigenvalue weighted by Crippen LogP contribution is 2.62. The maximum absolute atomic E-state index is 5.92. The second kappa shape index (κ2) is 4.82. The molecule has 0 spiro atoms. The molecule has 4 aliphatic rings. The Kier molecular flexibility index (Phi) is 3.21. The first kappa shape index (κ1) is 13.3. The third kappa shape index (κ3) is 2.15. The van der Waals surface area contributed by atoms with Crippen LogP contribution in [0.2, 0.25) is 0 Å². The van der Waals surface area contributed by atoms with Gasteiger partial charge in [-0.3, -0.25) is 11.3 Å². The molecule has 3 heteroatoms. The largest absolute Gasteiger partial charge is 0.271 e. The van der Waals surface area contributed by atoms with Gasteiger partial charge in [0, 0.05) is 4.88 Å². The van der Waals surface area contributed by atoms with Crippen molar-refractivity contribution in [1.82, 2.24) is 5.43 Å². The second-order valence-corrected chi connectivity index (χ2v) is 8.76. The van der Waals surface area contributed by atoms with Crippen molar-refractivity contribution in [2.75, 3.05) is 0 Å². The molecule has 4 bridgehead atoms. The number of rotatable bonds is 4. The first-order chi connectivity index (χ1) is 9.67. The molecule has 1 atom stereocenters. The number of nitrogens with one attached hydrogen (secondary N) is 1. The van der Waals surface area contributed by atoms with Crippen molar-refractivity contribution < 1.29 is 0 Å². The van der Waals surface area contributed by atoms with E-state index in [0.29, 0.717) is 11.5 Å². The molecule has 0 aromatic carbocycles. The summed E-state index contributed by atoms with van der Waals surface area (Å²) >= 11 is 1.87. The average molecular weight is 290 g/mol. The summed E-state index contributed by atoms with van der Waals surface area (Å²) in [6.07, 6.45) is 10.3. The molecule has 1 aromatic heterocycles. The van der Waals surface area contributed by atoms with E-state index in [1.165, 1.54) is 55.4 Å². The molecule has 4 aliphatic carbocycles. The van der Waals surface area contributed by atoms with E-state index in [9.17, 15) is 0 Å². The molecule has 0 aliphatic heterocycles. The maximum Gasteiger partial charge on any atom is 0.0561 e. The lowest BCUT2D eigenvalue weighted by molar-refractivity contribution is -0.0621. The molecule has 0 saturated heterocycles. The highest BCUT2D eigenvalue weighted by molar-refractivity contribution is 7.10. The lowest BCUT2D eigenvalue weighted by atomic mass is 9.48. The molecular formula is C17H26N2S. The van der Waals surface area contributed by atoms with E-state index in [4.69, 9.17) is 5.84 Å². The van der Waals surface area contributed by atoms with Crippen LogP contribution in [0.15, 0.2) is 11.4 Å². The van der Waals surface area contributed by atoms with E-state index >= 15 is 0 Å². The zero-order valence-corrected chi connectivity index (χ0v) is 13.2. The van der Waals surface area contributed by atoms with Gasteiger partial charge in [-0.05, 0) is 92.0 Å². The molecule has 20 heavy (non-hydrogen) atoms. The number of aryl methyl sites for hydroxylation is 1. The Morgan fingerprint density at radius 1 is 1.25 bits per heavy atom. The van der Waals surface area contributed by atoms with Gasteiger partial charge in [-0.2, -0.15) is 0 Å². The number of hydrogen-bond acceptors (Lipinski definition) is 3. The SMILES string of the molecule is Cc1ccsc1C(CC12CC3CC(CC(C3)C1)C2)NN. The molecule has 1 unspecified atom stereocenters. The Balaban J connectivity index is 1.57. The predicted octanol–water partition coefficient (Wildman–Crippen LogP) is 4.17. The van der Waals surface area contributed by atoms with Gasteiger partial charge in [-0.1, -0.05) is 0 Å². The molecule has 3 N–H and O–H groups in total. The van der Waals surface area contributed by atoms with Crippen molar-refractivity contribution in [3.8, 4) is 0 Å². The van der Waals surface area contributed by atoms with Gasteiger partial charge in [0.05, 0.1) is 6.04 Å². The van der Waals surface area contributed by atoms with Crippen LogP contribution in [0.1, 0.15) is 61.4 Å². The fourth-order valence-corrected chi connectivity index (χ4v) is 6.93. The van der Waals surface area contributed by atoms with E-state index in [0.717, 1.165) is 17.8 Å². The zero-order valence-electron chi connectivity index (χ0n) is 12.4. The van der Waals surface area contributed by atoms with Crippen molar-refractivity contribution in [2.24, 2.45) is 29.0 Å². The average Bonchev–Trinajstić information content (AvgIpc) is 2.80. The minimum absolute atomic E-state index is 0.367.